The molecule has 0 saturated carbocycles. The maximum Gasteiger partial charge on any atom is 0.244 e. The summed E-state index contributed by atoms with van der Waals surface area (Å²) in [5.74, 6) is -0.278. The second-order valence-electron chi connectivity index (χ2n) is 4.02. The van der Waals surface area contributed by atoms with Crippen molar-refractivity contribution in [2.24, 2.45) is 5.92 Å². The molecule has 1 rings (SSSR count). The van der Waals surface area contributed by atoms with Gasteiger partial charge in [0, 0.05) is 20.7 Å². The molecule has 0 aromatic carbocycles. The largest absolute Gasteiger partial charge is 0.381 e. The SMILES string of the molecule is CC(NC(=O)C1CCOC1)C(=O)N(C)C. The van der Waals surface area contributed by atoms with E-state index >= 15 is 0 Å². The van der Waals surface area contributed by atoms with Crippen molar-refractivity contribution in [2.45, 2.75) is 19.4 Å². The summed E-state index contributed by atoms with van der Waals surface area (Å²) in [6.45, 7) is 2.79. The van der Waals surface area contributed by atoms with Crippen LogP contribution in [0.4, 0.5) is 0 Å². The van der Waals surface area contributed by atoms with Crippen molar-refractivity contribution in [1.82, 2.24) is 10.2 Å². The summed E-state index contributed by atoms with van der Waals surface area (Å²) in [4.78, 5) is 24.6. The van der Waals surface area contributed by atoms with E-state index in [9.17, 15) is 9.59 Å². The number of nitrogens with one attached hydrogen (secondary N) is 1. The molecule has 1 saturated heterocycles. The first-order valence-corrected chi connectivity index (χ1v) is 5.11. The average molecular weight is 214 g/mol. The Hall–Kier alpha value is -1.10. The second kappa shape index (κ2) is 5.11. The fraction of sp³-hybridized carbons (Fsp3) is 0.800. The van der Waals surface area contributed by atoms with E-state index in [0.717, 1.165) is 6.42 Å². The van der Waals surface area contributed by atoms with Crippen LogP contribution in [0.25, 0.3) is 0 Å². The molecule has 0 aliphatic carbocycles. The topological polar surface area (TPSA) is 58.6 Å². The molecule has 2 unspecified atom stereocenters. The Morgan fingerprint density at radius 2 is 2.13 bits per heavy atom. The highest BCUT2D eigenvalue weighted by Crippen LogP contribution is 2.12. The molecular weight excluding hydrogens is 196 g/mol. The second-order valence-corrected chi connectivity index (χ2v) is 4.02. The molecule has 0 aromatic rings. The number of amides is 2. The van der Waals surface area contributed by atoms with E-state index in [4.69, 9.17) is 4.74 Å². The van der Waals surface area contributed by atoms with Gasteiger partial charge in [-0.3, -0.25) is 9.59 Å². The lowest BCUT2D eigenvalue weighted by atomic mass is 10.1. The van der Waals surface area contributed by atoms with Gasteiger partial charge in [-0.1, -0.05) is 0 Å². The lowest BCUT2D eigenvalue weighted by Crippen LogP contribution is -2.46. The predicted molar refractivity (Wildman–Crippen MR) is 55.2 cm³/mol. The van der Waals surface area contributed by atoms with E-state index in [1.165, 1.54) is 4.90 Å². The number of carbonyl (C=O) groups excluding carboxylic acids is 2. The molecule has 0 spiro atoms. The Labute approximate surface area is 89.8 Å². The van der Waals surface area contributed by atoms with Crippen LogP contribution in [0.15, 0.2) is 0 Å². The van der Waals surface area contributed by atoms with Gasteiger partial charge in [0.05, 0.1) is 12.5 Å². The van der Waals surface area contributed by atoms with Gasteiger partial charge in [0.25, 0.3) is 0 Å². The minimum Gasteiger partial charge on any atom is -0.381 e. The van der Waals surface area contributed by atoms with E-state index in [2.05, 4.69) is 5.32 Å². The lowest BCUT2D eigenvalue weighted by Gasteiger charge is -2.19. The normalized spacial score (nSPS) is 22.2. The van der Waals surface area contributed by atoms with Crippen molar-refractivity contribution in [1.29, 1.82) is 0 Å². The van der Waals surface area contributed by atoms with Gasteiger partial charge in [-0.05, 0) is 13.3 Å². The summed E-state index contributed by atoms with van der Waals surface area (Å²) in [7, 11) is 3.34. The molecule has 5 heteroatoms. The maximum absolute atomic E-state index is 11.6. The van der Waals surface area contributed by atoms with Gasteiger partial charge in [-0.2, -0.15) is 0 Å². The summed E-state index contributed by atoms with van der Waals surface area (Å²) < 4.78 is 5.11. The monoisotopic (exact) mass is 214 g/mol. The number of nitrogens with zero attached hydrogens (tertiary/aromatic N) is 1. The van der Waals surface area contributed by atoms with Crippen LogP contribution in [0.2, 0.25) is 0 Å². The first kappa shape index (κ1) is 12.0. The minimum atomic E-state index is -0.465. The highest BCUT2D eigenvalue weighted by molar-refractivity contribution is 5.88. The number of carbonyl (C=O) groups is 2. The molecule has 1 N–H and O–H groups in total. The van der Waals surface area contributed by atoms with Crippen LogP contribution in [-0.4, -0.2) is 50.1 Å². The highest BCUT2D eigenvalue weighted by Gasteiger charge is 2.26. The van der Waals surface area contributed by atoms with E-state index in [1.807, 2.05) is 0 Å². The van der Waals surface area contributed by atoms with Crippen LogP contribution in [0, 0.1) is 5.92 Å². The number of likely N-dealkylation sites (N-methyl/N-ethyl adjacent to an activating group) is 1. The number of ether oxygens (including phenoxy) is 1. The third kappa shape index (κ3) is 3.20. The van der Waals surface area contributed by atoms with E-state index in [1.54, 1.807) is 21.0 Å². The van der Waals surface area contributed by atoms with Gasteiger partial charge in [0.2, 0.25) is 11.8 Å². The molecule has 86 valence electrons. The van der Waals surface area contributed by atoms with Crippen molar-refractivity contribution < 1.29 is 14.3 Å². The van der Waals surface area contributed by atoms with Crippen LogP contribution in [0.3, 0.4) is 0 Å². The first-order chi connectivity index (χ1) is 7.02. The van der Waals surface area contributed by atoms with Crippen LogP contribution in [-0.2, 0) is 14.3 Å². The molecule has 5 nitrogen and oxygen atoms in total. The molecule has 0 aromatic heterocycles. The smallest absolute Gasteiger partial charge is 0.244 e. The Kier molecular flexibility index (Phi) is 4.08. The molecule has 2 amide bonds. The molecule has 15 heavy (non-hydrogen) atoms. The Morgan fingerprint density at radius 1 is 1.47 bits per heavy atom. The lowest BCUT2D eigenvalue weighted by molar-refractivity contribution is -0.135. The average Bonchev–Trinajstić information content (AvgIpc) is 2.68. The predicted octanol–water partition coefficient (Wildman–Crippen LogP) is -0.384. The molecule has 2 atom stereocenters. The minimum absolute atomic E-state index is 0.0878. The third-order valence-electron chi connectivity index (χ3n) is 2.47. The standard InChI is InChI=1S/C10H18N2O3/c1-7(10(14)12(2)3)11-9(13)8-4-5-15-6-8/h7-8H,4-6H2,1-3H3,(H,11,13). The molecule has 0 radical (unpaired) electrons. The fourth-order valence-electron chi connectivity index (χ4n) is 1.52. The van der Waals surface area contributed by atoms with Gasteiger partial charge < -0.3 is 15.0 Å². The number of hydrogen-bond acceptors (Lipinski definition) is 3. The molecular formula is C10H18N2O3. The van der Waals surface area contributed by atoms with Crippen molar-refractivity contribution in [3.63, 3.8) is 0 Å². The molecule has 1 fully saturated rings. The van der Waals surface area contributed by atoms with Gasteiger partial charge >= 0.3 is 0 Å². The van der Waals surface area contributed by atoms with E-state index < -0.39 is 6.04 Å². The highest BCUT2D eigenvalue weighted by atomic mass is 16.5. The maximum atomic E-state index is 11.6. The number of rotatable bonds is 3. The molecule has 0 bridgehead atoms. The molecule has 1 aliphatic rings. The van der Waals surface area contributed by atoms with Crippen LogP contribution < -0.4 is 5.32 Å². The fourth-order valence-corrected chi connectivity index (χ4v) is 1.52. The van der Waals surface area contributed by atoms with E-state index in [0.29, 0.717) is 13.2 Å². The number of hydrogen-bond donors (Lipinski definition) is 1. The van der Waals surface area contributed by atoms with Crippen molar-refractivity contribution in [3.8, 4) is 0 Å². The summed E-state index contributed by atoms with van der Waals surface area (Å²) in [5, 5.41) is 2.69. The van der Waals surface area contributed by atoms with Gasteiger partial charge in [0.1, 0.15) is 6.04 Å². The summed E-state index contributed by atoms with van der Waals surface area (Å²) in [6, 6.07) is -0.465. The van der Waals surface area contributed by atoms with Crippen LogP contribution in [0.1, 0.15) is 13.3 Å². The van der Waals surface area contributed by atoms with Crippen molar-refractivity contribution in [2.75, 3.05) is 27.3 Å². The summed E-state index contributed by atoms with van der Waals surface area (Å²) in [5.41, 5.74) is 0. The van der Waals surface area contributed by atoms with Crippen molar-refractivity contribution in [3.05, 3.63) is 0 Å². The summed E-state index contributed by atoms with van der Waals surface area (Å²) in [6.07, 6.45) is 0.745. The Balaban J connectivity index is 2.40. The van der Waals surface area contributed by atoms with Crippen molar-refractivity contribution >= 4 is 11.8 Å². The summed E-state index contributed by atoms with van der Waals surface area (Å²) >= 11 is 0. The van der Waals surface area contributed by atoms with Gasteiger partial charge in [-0.25, -0.2) is 0 Å². The van der Waals surface area contributed by atoms with E-state index in [-0.39, 0.29) is 17.7 Å². The Morgan fingerprint density at radius 3 is 2.60 bits per heavy atom. The van der Waals surface area contributed by atoms with Gasteiger partial charge in [0.15, 0.2) is 0 Å². The molecule has 1 aliphatic heterocycles. The van der Waals surface area contributed by atoms with Crippen LogP contribution >= 0.6 is 0 Å². The third-order valence-corrected chi connectivity index (χ3v) is 2.47. The zero-order chi connectivity index (χ0) is 11.4. The zero-order valence-electron chi connectivity index (χ0n) is 9.45. The quantitative estimate of drug-likeness (QED) is 0.696. The van der Waals surface area contributed by atoms with Gasteiger partial charge in [-0.15, -0.1) is 0 Å². The van der Waals surface area contributed by atoms with Crippen LogP contribution in [0.5, 0.6) is 0 Å². The zero-order valence-corrected chi connectivity index (χ0v) is 9.45. The molecule has 1 heterocycles. The Bertz CT molecular complexity index is 247. The first-order valence-electron chi connectivity index (χ1n) is 5.11.